The van der Waals surface area contributed by atoms with Gasteiger partial charge in [-0.3, -0.25) is 0 Å². The summed E-state index contributed by atoms with van der Waals surface area (Å²) in [7, 11) is 0. The molecule has 1 N–H and O–H groups in total. The topological polar surface area (TPSA) is 60.4 Å². The van der Waals surface area contributed by atoms with Crippen LogP contribution in [0.5, 0.6) is 5.75 Å². The fraction of sp³-hybridized carbons (Fsp3) is 0.632. The Kier molecular flexibility index (Phi) is 13.6. The number of carboxylic acids is 1. The van der Waals surface area contributed by atoms with Crippen LogP contribution in [0.2, 0.25) is 0 Å². The van der Waals surface area contributed by atoms with E-state index in [1.165, 1.54) is 57.4 Å². The van der Waals surface area contributed by atoms with E-state index in [4.69, 9.17) is 5.11 Å². The van der Waals surface area contributed by atoms with Gasteiger partial charge in [-0.25, -0.2) is 4.79 Å². The number of para-hydroxylation sites is 1. The van der Waals surface area contributed by atoms with Crippen LogP contribution >= 0.6 is 0 Å². The number of hydrogen-bond acceptors (Lipinski definition) is 2. The zero-order chi connectivity index (χ0) is 16.2. The molecular formula is C19H29NaO3. The molecule has 3 nitrogen and oxygen atoms in total. The molecule has 0 fully saturated rings. The molecule has 0 aromatic heterocycles. The van der Waals surface area contributed by atoms with Crippen molar-refractivity contribution >= 4 is 5.97 Å². The van der Waals surface area contributed by atoms with E-state index in [0.717, 1.165) is 12.8 Å². The second-order valence-corrected chi connectivity index (χ2v) is 6.03. The number of carbonyl (C=O) groups is 1. The third-order valence-electron chi connectivity index (χ3n) is 4.13. The van der Waals surface area contributed by atoms with E-state index in [1.807, 2.05) is 0 Å². The zero-order valence-electron chi connectivity index (χ0n) is 14.8. The third-order valence-corrected chi connectivity index (χ3v) is 4.13. The smallest absolute Gasteiger partial charge is 0.872 e. The molecule has 1 aromatic carbocycles. The Morgan fingerprint density at radius 2 is 1.48 bits per heavy atom. The predicted octanol–water partition coefficient (Wildman–Crippen LogP) is 1.93. The second-order valence-electron chi connectivity index (χ2n) is 6.03. The van der Waals surface area contributed by atoms with Crippen molar-refractivity contribution in [3.8, 4) is 5.75 Å². The van der Waals surface area contributed by atoms with E-state index >= 15 is 0 Å². The molecule has 0 saturated heterocycles. The molecule has 124 valence electrons. The van der Waals surface area contributed by atoms with Crippen molar-refractivity contribution in [2.75, 3.05) is 0 Å². The standard InChI is InChI=1S/C19H30O3.Na/c1-2-3-4-5-6-7-8-9-10-11-13-16-14-12-15-17(18(16)20)19(21)22;/h12,14-15,20H,2-11,13H2,1H3,(H,21,22);/q;+1/p-1. The first-order valence-electron chi connectivity index (χ1n) is 8.69. The van der Waals surface area contributed by atoms with Crippen LogP contribution in [0.4, 0.5) is 0 Å². The summed E-state index contributed by atoms with van der Waals surface area (Å²) in [6.07, 6.45) is 13.3. The van der Waals surface area contributed by atoms with E-state index in [9.17, 15) is 9.90 Å². The van der Waals surface area contributed by atoms with Crippen molar-refractivity contribution in [2.45, 2.75) is 77.6 Å². The maximum Gasteiger partial charge on any atom is 1.00 e. The van der Waals surface area contributed by atoms with Crippen LogP contribution in [-0.2, 0) is 6.42 Å². The number of rotatable bonds is 12. The van der Waals surface area contributed by atoms with Crippen molar-refractivity contribution in [1.29, 1.82) is 0 Å². The first-order valence-corrected chi connectivity index (χ1v) is 8.69. The minimum Gasteiger partial charge on any atom is -0.872 e. The molecule has 1 rings (SSSR count). The fourth-order valence-electron chi connectivity index (χ4n) is 2.75. The van der Waals surface area contributed by atoms with Crippen molar-refractivity contribution in [3.05, 3.63) is 29.3 Å². The van der Waals surface area contributed by atoms with Crippen molar-refractivity contribution in [1.82, 2.24) is 0 Å². The number of unbranched alkanes of at least 4 members (excludes halogenated alkanes) is 9. The van der Waals surface area contributed by atoms with Gasteiger partial charge < -0.3 is 10.2 Å². The summed E-state index contributed by atoms with van der Waals surface area (Å²) < 4.78 is 0. The quantitative estimate of drug-likeness (QED) is 0.471. The Hall–Kier alpha value is -0.510. The van der Waals surface area contributed by atoms with Crippen LogP contribution in [0.1, 0.15) is 87.1 Å². The van der Waals surface area contributed by atoms with Crippen LogP contribution in [0.15, 0.2) is 18.2 Å². The van der Waals surface area contributed by atoms with Gasteiger partial charge in [0.2, 0.25) is 0 Å². The van der Waals surface area contributed by atoms with E-state index in [0.29, 0.717) is 12.0 Å². The molecule has 0 aliphatic heterocycles. The molecule has 0 heterocycles. The maximum absolute atomic E-state index is 11.9. The van der Waals surface area contributed by atoms with E-state index in [1.54, 1.807) is 12.1 Å². The van der Waals surface area contributed by atoms with Gasteiger partial charge in [0.25, 0.3) is 0 Å². The Morgan fingerprint density at radius 3 is 2.00 bits per heavy atom. The molecule has 0 aliphatic carbocycles. The molecule has 0 atom stereocenters. The van der Waals surface area contributed by atoms with Gasteiger partial charge in [0.05, 0.1) is 5.56 Å². The SMILES string of the molecule is CCCCCCCCCCCCc1cccc(C(=O)O)c1[O-].[Na+]. The maximum atomic E-state index is 11.9. The fourth-order valence-corrected chi connectivity index (χ4v) is 2.75. The van der Waals surface area contributed by atoms with Gasteiger partial charge >= 0.3 is 35.5 Å². The minimum atomic E-state index is -1.13. The molecule has 0 unspecified atom stereocenters. The summed E-state index contributed by atoms with van der Waals surface area (Å²) in [5, 5.41) is 20.9. The first-order chi connectivity index (χ1) is 10.7. The summed E-state index contributed by atoms with van der Waals surface area (Å²) in [6.45, 7) is 2.24. The normalized spacial score (nSPS) is 10.3. The van der Waals surface area contributed by atoms with Gasteiger partial charge in [-0.2, -0.15) is 0 Å². The van der Waals surface area contributed by atoms with Crippen molar-refractivity contribution in [2.24, 2.45) is 0 Å². The predicted molar refractivity (Wildman–Crippen MR) is 88.4 cm³/mol. The van der Waals surface area contributed by atoms with E-state index in [-0.39, 0.29) is 40.9 Å². The summed E-state index contributed by atoms with van der Waals surface area (Å²) >= 11 is 0. The number of carboxylic acid groups (broad SMARTS) is 1. The van der Waals surface area contributed by atoms with Crippen LogP contribution in [0, 0.1) is 0 Å². The summed E-state index contributed by atoms with van der Waals surface area (Å²) in [5.41, 5.74) is 0.532. The van der Waals surface area contributed by atoms with Gasteiger partial charge in [0.15, 0.2) is 0 Å². The average molecular weight is 328 g/mol. The zero-order valence-corrected chi connectivity index (χ0v) is 16.8. The minimum absolute atomic E-state index is 0. The van der Waals surface area contributed by atoms with Crippen molar-refractivity contribution in [3.63, 3.8) is 0 Å². The summed E-state index contributed by atoms with van der Waals surface area (Å²) in [4.78, 5) is 10.9. The Balaban J connectivity index is 0.00000484. The molecule has 1 aromatic rings. The van der Waals surface area contributed by atoms with Crippen LogP contribution in [0.25, 0.3) is 0 Å². The van der Waals surface area contributed by atoms with Crippen molar-refractivity contribution < 1.29 is 44.6 Å². The number of benzene rings is 1. The van der Waals surface area contributed by atoms with E-state index in [2.05, 4.69) is 6.92 Å². The molecular weight excluding hydrogens is 299 g/mol. The molecule has 0 amide bonds. The third kappa shape index (κ3) is 9.39. The number of aryl methyl sites for hydroxylation is 1. The second kappa shape index (κ2) is 13.9. The molecule has 4 heteroatoms. The molecule has 0 saturated carbocycles. The van der Waals surface area contributed by atoms with Gasteiger partial charge in [-0.05, 0) is 18.9 Å². The molecule has 23 heavy (non-hydrogen) atoms. The number of hydrogen-bond donors (Lipinski definition) is 1. The van der Waals surface area contributed by atoms with Gasteiger partial charge in [-0.1, -0.05) is 88.2 Å². The Bertz CT molecular complexity index is 446. The Labute approximate surface area is 162 Å². The van der Waals surface area contributed by atoms with Crippen LogP contribution in [-0.4, -0.2) is 11.1 Å². The van der Waals surface area contributed by atoms with Gasteiger partial charge in [0.1, 0.15) is 0 Å². The Morgan fingerprint density at radius 1 is 0.957 bits per heavy atom. The first kappa shape index (κ1) is 22.5. The average Bonchev–Trinajstić information content (AvgIpc) is 2.50. The van der Waals surface area contributed by atoms with Crippen LogP contribution in [0.3, 0.4) is 0 Å². The molecule has 0 bridgehead atoms. The largest absolute Gasteiger partial charge is 1.00 e. The monoisotopic (exact) mass is 328 g/mol. The summed E-state index contributed by atoms with van der Waals surface area (Å²) in [5.74, 6) is -1.44. The molecule has 0 radical (unpaired) electrons. The van der Waals surface area contributed by atoms with Gasteiger partial charge in [-0.15, -0.1) is 0 Å². The number of aromatic carboxylic acids is 1. The van der Waals surface area contributed by atoms with E-state index < -0.39 is 5.97 Å². The summed E-state index contributed by atoms with van der Waals surface area (Å²) in [6, 6.07) is 4.80. The molecule has 0 aliphatic rings. The molecule has 0 spiro atoms. The van der Waals surface area contributed by atoms with Crippen LogP contribution < -0.4 is 34.7 Å². The van der Waals surface area contributed by atoms with Gasteiger partial charge in [0, 0.05) is 0 Å².